The number of hydrogen-bond donors (Lipinski definition) is 0. The Balaban J connectivity index is 2.76. The van der Waals surface area contributed by atoms with Crippen molar-refractivity contribution >= 4 is 0 Å². The van der Waals surface area contributed by atoms with Crippen LogP contribution in [0.3, 0.4) is 0 Å². The van der Waals surface area contributed by atoms with E-state index in [1.54, 1.807) is 0 Å². The van der Waals surface area contributed by atoms with E-state index in [0.717, 1.165) is 0 Å². The van der Waals surface area contributed by atoms with Crippen LogP contribution >= 0.6 is 0 Å². The van der Waals surface area contributed by atoms with Crippen LogP contribution in [0, 0.1) is 5.41 Å². The Labute approximate surface area is 86.7 Å². The molecule has 1 aliphatic heterocycles. The average Bonchev–Trinajstić information content (AvgIpc) is 1.98. The highest BCUT2D eigenvalue weighted by Gasteiger charge is 2.49. The molecule has 0 aliphatic carbocycles. The van der Waals surface area contributed by atoms with Crippen LogP contribution in [0.5, 0.6) is 0 Å². The van der Waals surface area contributed by atoms with Crippen molar-refractivity contribution in [3.63, 3.8) is 0 Å². The average molecular weight is 202 g/mol. The van der Waals surface area contributed by atoms with Crippen LogP contribution in [0.2, 0.25) is 0 Å². The van der Waals surface area contributed by atoms with Crippen LogP contribution in [-0.4, -0.2) is 24.4 Å². The lowest BCUT2D eigenvalue weighted by molar-refractivity contribution is -0.428. The Bertz CT molecular complexity index is 197. The zero-order valence-electron chi connectivity index (χ0n) is 10.1. The third-order valence-corrected chi connectivity index (χ3v) is 3.28. The molecule has 1 saturated heterocycles. The third-order valence-electron chi connectivity index (χ3n) is 3.28. The fourth-order valence-electron chi connectivity index (χ4n) is 1.48. The summed E-state index contributed by atoms with van der Waals surface area (Å²) in [5, 5.41) is 0. The smallest absolute Gasteiger partial charge is 0.109 e. The highest BCUT2D eigenvalue weighted by Crippen LogP contribution is 2.42. The van der Waals surface area contributed by atoms with Gasteiger partial charge in [0.1, 0.15) is 12.2 Å². The molecule has 3 heteroatoms. The molecule has 1 rings (SSSR count). The maximum Gasteiger partial charge on any atom is 0.109 e. The first-order valence-electron chi connectivity index (χ1n) is 5.23. The zero-order valence-corrected chi connectivity index (χ0v) is 10.1. The Morgan fingerprint density at radius 1 is 1.21 bits per heavy atom. The molecule has 0 radical (unpaired) electrons. The molecule has 1 atom stereocenters. The van der Waals surface area contributed by atoms with Crippen molar-refractivity contribution in [1.29, 1.82) is 0 Å². The first kappa shape index (κ1) is 12.0. The van der Waals surface area contributed by atoms with E-state index in [0.29, 0.717) is 6.61 Å². The van der Waals surface area contributed by atoms with E-state index in [2.05, 4.69) is 13.8 Å². The van der Waals surface area contributed by atoms with Crippen LogP contribution in [0.25, 0.3) is 0 Å². The predicted octanol–water partition coefficient (Wildman–Crippen LogP) is 2.55. The van der Waals surface area contributed by atoms with E-state index in [1.807, 2.05) is 27.7 Å². The largest absolute Gasteiger partial charge is 0.372 e. The third kappa shape index (κ3) is 2.10. The summed E-state index contributed by atoms with van der Waals surface area (Å²) in [4.78, 5) is 10.4. The lowest BCUT2D eigenvalue weighted by Gasteiger charge is -2.48. The van der Waals surface area contributed by atoms with E-state index in [-0.39, 0.29) is 23.2 Å². The van der Waals surface area contributed by atoms with Crippen molar-refractivity contribution in [2.45, 2.75) is 59.4 Å². The van der Waals surface area contributed by atoms with Gasteiger partial charge in [-0.15, -0.1) is 0 Å². The van der Waals surface area contributed by atoms with Gasteiger partial charge < -0.3 is 4.74 Å². The van der Waals surface area contributed by atoms with E-state index in [1.165, 1.54) is 0 Å². The monoisotopic (exact) mass is 202 g/mol. The molecule has 1 aliphatic rings. The van der Waals surface area contributed by atoms with Crippen molar-refractivity contribution in [3.05, 3.63) is 0 Å². The number of ether oxygens (including phenoxy) is 1. The van der Waals surface area contributed by atoms with Crippen LogP contribution in [-0.2, 0) is 14.5 Å². The van der Waals surface area contributed by atoms with Gasteiger partial charge in [0.25, 0.3) is 0 Å². The van der Waals surface area contributed by atoms with Gasteiger partial charge in [0.2, 0.25) is 0 Å². The molecule has 0 aromatic carbocycles. The summed E-state index contributed by atoms with van der Waals surface area (Å²) in [6.07, 6.45) is 0.308. The Morgan fingerprint density at radius 3 is 2.29 bits per heavy atom. The second kappa shape index (κ2) is 3.80. The van der Waals surface area contributed by atoms with E-state index in [4.69, 9.17) is 14.5 Å². The highest BCUT2D eigenvalue weighted by molar-refractivity contribution is 4.95. The summed E-state index contributed by atoms with van der Waals surface area (Å²) in [7, 11) is 0. The van der Waals surface area contributed by atoms with Gasteiger partial charge in [0.05, 0.1) is 12.2 Å². The zero-order chi connectivity index (χ0) is 11.0. The van der Waals surface area contributed by atoms with E-state index < -0.39 is 0 Å². The van der Waals surface area contributed by atoms with Crippen LogP contribution in [0.4, 0.5) is 0 Å². The second-order valence-electron chi connectivity index (χ2n) is 5.27. The van der Waals surface area contributed by atoms with Crippen molar-refractivity contribution in [3.8, 4) is 0 Å². The summed E-state index contributed by atoms with van der Waals surface area (Å²) in [6.45, 7) is 13.0. The molecule has 0 saturated carbocycles. The highest BCUT2D eigenvalue weighted by atomic mass is 17.2. The number of rotatable bonds is 2. The molecular weight excluding hydrogens is 180 g/mol. The predicted molar refractivity (Wildman–Crippen MR) is 54.9 cm³/mol. The van der Waals surface area contributed by atoms with Gasteiger partial charge in [-0.3, -0.25) is 0 Å². The minimum Gasteiger partial charge on any atom is -0.372 e. The molecule has 0 spiro atoms. The van der Waals surface area contributed by atoms with Crippen LogP contribution < -0.4 is 0 Å². The fourth-order valence-corrected chi connectivity index (χ4v) is 1.48. The maximum absolute atomic E-state index is 5.84. The molecular formula is C11H22O3. The van der Waals surface area contributed by atoms with Gasteiger partial charge in [-0.2, -0.15) is 0 Å². The first-order chi connectivity index (χ1) is 6.27. The Hall–Kier alpha value is -0.120. The Kier molecular flexibility index (Phi) is 3.24. The molecule has 0 N–H and O–H groups in total. The SMILES string of the molecule is CC(C)OC1COOC(C)(C)C1(C)C. The van der Waals surface area contributed by atoms with Gasteiger partial charge in [0.15, 0.2) is 0 Å². The minimum absolute atomic E-state index is 0.0461. The molecule has 84 valence electrons. The summed E-state index contributed by atoms with van der Waals surface area (Å²) < 4.78 is 5.84. The lowest BCUT2D eigenvalue weighted by atomic mass is 9.72. The molecule has 1 fully saturated rings. The van der Waals surface area contributed by atoms with Crippen molar-refractivity contribution in [2.75, 3.05) is 6.61 Å². The Morgan fingerprint density at radius 2 is 1.79 bits per heavy atom. The van der Waals surface area contributed by atoms with Crippen molar-refractivity contribution in [1.82, 2.24) is 0 Å². The molecule has 14 heavy (non-hydrogen) atoms. The summed E-state index contributed by atoms with van der Waals surface area (Å²) in [5.41, 5.74) is -0.361. The molecule has 0 aromatic heterocycles. The van der Waals surface area contributed by atoms with Gasteiger partial charge in [-0.1, -0.05) is 13.8 Å². The summed E-state index contributed by atoms with van der Waals surface area (Å²) >= 11 is 0. The second-order valence-corrected chi connectivity index (χ2v) is 5.27. The van der Waals surface area contributed by atoms with Gasteiger partial charge in [-0.25, -0.2) is 9.78 Å². The van der Waals surface area contributed by atoms with Gasteiger partial charge >= 0.3 is 0 Å². The normalized spacial score (nSPS) is 30.6. The molecule has 0 bridgehead atoms. The summed E-state index contributed by atoms with van der Waals surface area (Å²) in [6, 6.07) is 0. The van der Waals surface area contributed by atoms with Crippen LogP contribution in [0.15, 0.2) is 0 Å². The topological polar surface area (TPSA) is 27.7 Å². The van der Waals surface area contributed by atoms with Crippen molar-refractivity contribution < 1.29 is 14.5 Å². The van der Waals surface area contributed by atoms with Gasteiger partial charge in [-0.05, 0) is 27.7 Å². The number of hydrogen-bond acceptors (Lipinski definition) is 3. The van der Waals surface area contributed by atoms with E-state index in [9.17, 15) is 0 Å². The lowest BCUT2D eigenvalue weighted by Crippen LogP contribution is -2.56. The molecule has 0 amide bonds. The molecule has 3 nitrogen and oxygen atoms in total. The molecule has 1 unspecified atom stereocenters. The van der Waals surface area contributed by atoms with Crippen molar-refractivity contribution in [2.24, 2.45) is 5.41 Å². The fraction of sp³-hybridized carbons (Fsp3) is 1.00. The standard InChI is InChI=1S/C11H22O3/c1-8(2)13-9-7-12-14-11(5,6)10(9,3)4/h8-9H,7H2,1-6H3. The quantitative estimate of drug-likeness (QED) is 0.644. The molecule has 1 heterocycles. The van der Waals surface area contributed by atoms with E-state index >= 15 is 0 Å². The molecule has 0 aromatic rings. The maximum atomic E-state index is 5.84. The first-order valence-corrected chi connectivity index (χ1v) is 5.23. The van der Waals surface area contributed by atoms with Crippen LogP contribution in [0.1, 0.15) is 41.5 Å². The van der Waals surface area contributed by atoms with Gasteiger partial charge in [0, 0.05) is 5.41 Å². The minimum atomic E-state index is -0.315. The summed E-state index contributed by atoms with van der Waals surface area (Å²) in [5.74, 6) is 0.